The molecule has 1 aromatic rings. The van der Waals surface area contributed by atoms with Crippen LogP contribution in [0.2, 0.25) is 0 Å². The predicted octanol–water partition coefficient (Wildman–Crippen LogP) is 1.86. The first-order valence-electron chi connectivity index (χ1n) is 6.73. The van der Waals surface area contributed by atoms with Crippen LogP contribution >= 0.6 is 0 Å². The minimum atomic E-state index is -0.222. The van der Waals surface area contributed by atoms with Crippen molar-refractivity contribution in [3.63, 3.8) is 0 Å². The van der Waals surface area contributed by atoms with Crippen LogP contribution in [-0.2, 0) is 6.54 Å². The second-order valence-corrected chi connectivity index (χ2v) is 4.92. The third-order valence-electron chi connectivity index (χ3n) is 3.44. The van der Waals surface area contributed by atoms with E-state index in [0.717, 1.165) is 38.8 Å². The van der Waals surface area contributed by atoms with E-state index in [-0.39, 0.29) is 12.1 Å². The Morgan fingerprint density at radius 2 is 2.29 bits per heavy atom. The van der Waals surface area contributed by atoms with Gasteiger partial charge < -0.3 is 10.4 Å². The first-order valence-corrected chi connectivity index (χ1v) is 6.73. The fourth-order valence-electron chi connectivity index (χ4n) is 2.46. The SMILES string of the molecule is CCCNCc1cnn(C2CCCCC2O)c1. The Morgan fingerprint density at radius 3 is 3.06 bits per heavy atom. The zero-order valence-electron chi connectivity index (χ0n) is 10.6. The lowest BCUT2D eigenvalue weighted by atomic mass is 9.93. The molecule has 2 unspecified atom stereocenters. The van der Waals surface area contributed by atoms with Crippen molar-refractivity contribution < 1.29 is 5.11 Å². The highest BCUT2D eigenvalue weighted by Gasteiger charge is 2.24. The zero-order chi connectivity index (χ0) is 12.1. The highest BCUT2D eigenvalue weighted by Crippen LogP contribution is 2.28. The van der Waals surface area contributed by atoms with E-state index in [2.05, 4.69) is 23.5 Å². The van der Waals surface area contributed by atoms with Crippen molar-refractivity contribution in [1.29, 1.82) is 0 Å². The Bertz CT molecular complexity index is 337. The van der Waals surface area contributed by atoms with E-state index in [0.29, 0.717) is 0 Å². The molecule has 2 N–H and O–H groups in total. The average Bonchev–Trinajstić information content (AvgIpc) is 2.79. The van der Waals surface area contributed by atoms with Gasteiger partial charge in [-0.05, 0) is 25.8 Å². The normalized spacial score (nSPS) is 25.1. The van der Waals surface area contributed by atoms with Crippen molar-refractivity contribution in [2.45, 2.75) is 57.7 Å². The van der Waals surface area contributed by atoms with Gasteiger partial charge in [-0.3, -0.25) is 4.68 Å². The van der Waals surface area contributed by atoms with Crippen molar-refractivity contribution in [2.75, 3.05) is 6.54 Å². The van der Waals surface area contributed by atoms with Crippen molar-refractivity contribution >= 4 is 0 Å². The Morgan fingerprint density at radius 1 is 1.47 bits per heavy atom. The Balaban J connectivity index is 1.92. The lowest BCUT2D eigenvalue weighted by molar-refractivity contribution is 0.0694. The molecule has 1 fully saturated rings. The molecule has 0 bridgehead atoms. The maximum absolute atomic E-state index is 9.97. The predicted molar refractivity (Wildman–Crippen MR) is 67.7 cm³/mol. The summed E-state index contributed by atoms with van der Waals surface area (Å²) >= 11 is 0. The third-order valence-corrected chi connectivity index (χ3v) is 3.44. The molecule has 96 valence electrons. The lowest BCUT2D eigenvalue weighted by Gasteiger charge is -2.27. The topological polar surface area (TPSA) is 50.1 Å². The van der Waals surface area contributed by atoms with Crippen LogP contribution in [0.5, 0.6) is 0 Å². The van der Waals surface area contributed by atoms with E-state index in [9.17, 15) is 5.11 Å². The monoisotopic (exact) mass is 237 g/mol. The van der Waals surface area contributed by atoms with Crippen LogP contribution in [0.25, 0.3) is 0 Å². The molecule has 0 saturated heterocycles. The van der Waals surface area contributed by atoms with Crippen molar-refractivity contribution in [3.8, 4) is 0 Å². The Kier molecular flexibility index (Phi) is 4.57. The largest absolute Gasteiger partial charge is 0.391 e. The number of aliphatic hydroxyl groups is 1. The first-order chi connectivity index (χ1) is 8.31. The number of aliphatic hydroxyl groups excluding tert-OH is 1. The fourth-order valence-corrected chi connectivity index (χ4v) is 2.46. The molecule has 17 heavy (non-hydrogen) atoms. The van der Waals surface area contributed by atoms with Crippen molar-refractivity contribution in [1.82, 2.24) is 15.1 Å². The number of hydrogen-bond donors (Lipinski definition) is 2. The summed E-state index contributed by atoms with van der Waals surface area (Å²) in [5.41, 5.74) is 1.20. The number of hydrogen-bond acceptors (Lipinski definition) is 3. The molecule has 1 aliphatic rings. The molecule has 0 aromatic carbocycles. The Labute approximate surface area is 103 Å². The van der Waals surface area contributed by atoms with Crippen LogP contribution in [0.4, 0.5) is 0 Å². The summed E-state index contributed by atoms with van der Waals surface area (Å²) < 4.78 is 1.95. The summed E-state index contributed by atoms with van der Waals surface area (Å²) in [6, 6.07) is 0.184. The molecule has 4 nitrogen and oxygen atoms in total. The van der Waals surface area contributed by atoms with Gasteiger partial charge in [0.2, 0.25) is 0 Å². The molecule has 1 heterocycles. The standard InChI is InChI=1S/C13H23N3O/c1-2-7-14-8-11-9-15-16(10-11)12-5-3-4-6-13(12)17/h9-10,12-14,17H,2-8H2,1H3. The summed E-state index contributed by atoms with van der Waals surface area (Å²) in [5, 5.41) is 17.7. The van der Waals surface area contributed by atoms with Gasteiger partial charge in [0.05, 0.1) is 18.3 Å². The number of aromatic nitrogens is 2. The molecule has 0 aliphatic heterocycles. The van der Waals surface area contributed by atoms with Crippen LogP contribution in [-0.4, -0.2) is 27.5 Å². The fraction of sp³-hybridized carbons (Fsp3) is 0.769. The molecule has 4 heteroatoms. The maximum atomic E-state index is 9.97. The quantitative estimate of drug-likeness (QED) is 0.769. The van der Waals surface area contributed by atoms with Gasteiger partial charge in [0.15, 0.2) is 0 Å². The molecule has 0 amide bonds. The highest BCUT2D eigenvalue weighted by atomic mass is 16.3. The van der Waals surface area contributed by atoms with Gasteiger partial charge in [0, 0.05) is 18.3 Å². The van der Waals surface area contributed by atoms with Crippen LogP contribution in [0.15, 0.2) is 12.4 Å². The van der Waals surface area contributed by atoms with Gasteiger partial charge in [-0.25, -0.2) is 0 Å². The first kappa shape index (κ1) is 12.6. The molecule has 1 aliphatic carbocycles. The Hall–Kier alpha value is -0.870. The van der Waals surface area contributed by atoms with E-state index < -0.39 is 0 Å². The smallest absolute Gasteiger partial charge is 0.0778 e. The summed E-state index contributed by atoms with van der Waals surface area (Å²) in [6.45, 7) is 4.07. The summed E-state index contributed by atoms with van der Waals surface area (Å²) in [4.78, 5) is 0. The number of nitrogens with one attached hydrogen (secondary N) is 1. The van der Waals surface area contributed by atoms with Gasteiger partial charge in [0.1, 0.15) is 0 Å². The molecule has 2 atom stereocenters. The van der Waals surface area contributed by atoms with Crippen molar-refractivity contribution in [3.05, 3.63) is 18.0 Å². The molecule has 1 aromatic heterocycles. The van der Waals surface area contributed by atoms with Gasteiger partial charge in [-0.15, -0.1) is 0 Å². The second-order valence-electron chi connectivity index (χ2n) is 4.92. The van der Waals surface area contributed by atoms with E-state index in [1.807, 2.05) is 10.9 Å². The van der Waals surface area contributed by atoms with Gasteiger partial charge in [-0.2, -0.15) is 5.10 Å². The van der Waals surface area contributed by atoms with E-state index >= 15 is 0 Å². The molecule has 2 rings (SSSR count). The van der Waals surface area contributed by atoms with E-state index in [1.165, 1.54) is 12.0 Å². The highest BCUT2D eigenvalue weighted by molar-refractivity contribution is 5.04. The van der Waals surface area contributed by atoms with E-state index in [1.54, 1.807) is 0 Å². The molecule has 1 saturated carbocycles. The van der Waals surface area contributed by atoms with Gasteiger partial charge >= 0.3 is 0 Å². The average molecular weight is 237 g/mol. The number of rotatable bonds is 5. The van der Waals surface area contributed by atoms with Crippen LogP contribution in [0.1, 0.15) is 50.6 Å². The molecular weight excluding hydrogens is 214 g/mol. The molecular formula is C13H23N3O. The maximum Gasteiger partial charge on any atom is 0.0778 e. The minimum absolute atomic E-state index is 0.184. The van der Waals surface area contributed by atoms with Gasteiger partial charge in [-0.1, -0.05) is 19.8 Å². The van der Waals surface area contributed by atoms with Crippen LogP contribution in [0, 0.1) is 0 Å². The summed E-state index contributed by atoms with van der Waals surface area (Å²) in [6.07, 6.45) is 9.20. The summed E-state index contributed by atoms with van der Waals surface area (Å²) in [5.74, 6) is 0. The third kappa shape index (κ3) is 3.30. The van der Waals surface area contributed by atoms with Crippen LogP contribution < -0.4 is 5.32 Å². The second kappa shape index (κ2) is 6.17. The zero-order valence-corrected chi connectivity index (χ0v) is 10.6. The molecule has 0 radical (unpaired) electrons. The van der Waals surface area contributed by atoms with Crippen LogP contribution in [0.3, 0.4) is 0 Å². The number of nitrogens with zero attached hydrogens (tertiary/aromatic N) is 2. The van der Waals surface area contributed by atoms with Gasteiger partial charge in [0.25, 0.3) is 0 Å². The minimum Gasteiger partial charge on any atom is -0.391 e. The summed E-state index contributed by atoms with van der Waals surface area (Å²) in [7, 11) is 0. The van der Waals surface area contributed by atoms with E-state index in [4.69, 9.17) is 0 Å². The van der Waals surface area contributed by atoms with Crippen molar-refractivity contribution in [2.24, 2.45) is 0 Å². The lowest BCUT2D eigenvalue weighted by Crippen LogP contribution is -2.27. The molecule has 0 spiro atoms.